The van der Waals surface area contributed by atoms with Crippen molar-refractivity contribution in [2.24, 2.45) is 5.92 Å². The Morgan fingerprint density at radius 1 is 1.27 bits per heavy atom. The number of halogens is 1. The highest BCUT2D eigenvalue weighted by atomic mass is 35.5. The molecule has 2 N–H and O–H groups in total. The molecule has 2 fully saturated rings. The van der Waals surface area contributed by atoms with Gasteiger partial charge in [-0.1, -0.05) is 0 Å². The summed E-state index contributed by atoms with van der Waals surface area (Å²) < 4.78 is 0. The molecule has 0 radical (unpaired) electrons. The molecule has 2 heterocycles. The lowest BCUT2D eigenvalue weighted by atomic mass is 10.1. The van der Waals surface area contributed by atoms with Gasteiger partial charge in [-0.15, -0.1) is 12.4 Å². The third-order valence-electron chi connectivity index (χ3n) is 3.19. The van der Waals surface area contributed by atoms with Gasteiger partial charge in [-0.05, 0) is 19.9 Å². The fourth-order valence-corrected chi connectivity index (χ4v) is 2.27. The van der Waals surface area contributed by atoms with E-state index in [1.165, 1.54) is 0 Å². The minimum absolute atomic E-state index is 0. The van der Waals surface area contributed by atoms with E-state index in [-0.39, 0.29) is 18.3 Å². The molecule has 0 spiro atoms. The number of nitrogens with zero attached hydrogens (tertiary/aromatic N) is 1. The van der Waals surface area contributed by atoms with Crippen molar-refractivity contribution >= 4 is 18.3 Å². The second-order valence-corrected chi connectivity index (χ2v) is 4.27. The summed E-state index contributed by atoms with van der Waals surface area (Å²) in [4.78, 5) is 14.1. The molecule has 15 heavy (non-hydrogen) atoms. The first-order valence-corrected chi connectivity index (χ1v) is 5.51. The van der Waals surface area contributed by atoms with Crippen LogP contribution >= 0.6 is 12.4 Å². The summed E-state index contributed by atoms with van der Waals surface area (Å²) in [5.74, 6) is 0.583. The summed E-state index contributed by atoms with van der Waals surface area (Å²) in [6, 6.07) is 0.358. The van der Waals surface area contributed by atoms with Crippen molar-refractivity contribution in [3.05, 3.63) is 0 Å². The van der Waals surface area contributed by atoms with Crippen LogP contribution in [0.5, 0.6) is 0 Å². The predicted octanol–water partition coefficient (Wildman–Crippen LogP) is -0.162. The van der Waals surface area contributed by atoms with Crippen molar-refractivity contribution in [2.75, 3.05) is 32.7 Å². The van der Waals surface area contributed by atoms with Crippen LogP contribution in [0.4, 0.5) is 0 Å². The van der Waals surface area contributed by atoms with Gasteiger partial charge in [0.2, 0.25) is 5.91 Å². The molecule has 1 amide bonds. The molecule has 0 bridgehead atoms. The number of hydrogen-bond acceptors (Lipinski definition) is 3. The molecule has 4 nitrogen and oxygen atoms in total. The topological polar surface area (TPSA) is 44.4 Å². The van der Waals surface area contributed by atoms with Crippen molar-refractivity contribution in [1.82, 2.24) is 15.5 Å². The fraction of sp³-hybridized carbons (Fsp3) is 0.900. The highest BCUT2D eigenvalue weighted by Crippen LogP contribution is 2.14. The Labute approximate surface area is 97.2 Å². The predicted molar refractivity (Wildman–Crippen MR) is 62.3 cm³/mol. The van der Waals surface area contributed by atoms with Gasteiger partial charge in [0, 0.05) is 32.2 Å². The molecule has 5 heteroatoms. The Balaban J connectivity index is 0.00000112. The molecule has 88 valence electrons. The maximum atomic E-state index is 12.1. The third kappa shape index (κ3) is 2.83. The van der Waals surface area contributed by atoms with E-state index in [1.807, 2.05) is 4.90 Å². The molecular weight excluding hydrogens is 214 g/mol. The summed E-state index contributed by atoms with van der Waals surface area (Å²) in [7, 11) is 0. The van der Waals surface area contributed by atoms with Crippen LogP contribution in [-0.2, 0) is 4.79 Å². The third-order valence-corrected chi connectivity index (χ3v) is 3.19. The molecule has 0 unspecified atom stereocenters. The molecule has 0 aromatic heterocycles. The van der Waals surface area contributed by atoms with Gasteiger partial charge in [0.1, 0.15) is 0 Å². The number of carbonyl (C=O) groups excluding carboxylic acids is 1. The monoisotopic (exact) mass is 233 g/mol. The smallest absolute Gasteiger partial charge is 0.227 e. The molecule has 0 saturated carbocycles. The molecule has 0 aromatic rings. The van der Waals surface area contributed by atoms with Gasteiger partial charge in [-0.25, -0.2) is 0 Å². The van der Waals surface area contributed by atoms with E-state index in [0.717, 1.165) is 39.1 Å². The van der Waals surface area contributed by atoms with E-state index < -0.39 is 0 Å². The van der Waals surface area contributed by atoms with Crippen LogP contribution < -0.4 is 10.6 Å². The van der Waals surface area contributed by atoms with Gasteiger partial charge in [-0.3, -0.25) is 4.79 Å². The van der Waals surface area contributed by atoms with Crippen LogP contribution in [0.25, 0.3) is 0 Å². The largest absolute Gasteiger partial charge is 0.337 e. The zero-order valence-corrected chi connectivity index (χ0v) is 9.98. The average Bonchev–Trinajstić information content (AvgIpc) is 2.70. The Morgan fingerprint density at radius 3 is 2.60 bits per heavy atom. The Bertz CT molecular complexity index is 219. The number of carbonyl (C=O) groups is 1. The second-order valence-electron chi connectivity index (χ2n) is 4.27. The maximum absolute atomic E-state index is 12.1. The number of nitrogens with one attached hydrogen (secondary N) is 2. The lowest BCUT2D eigenvalue weighted by Gasteiger charge is -2.35. The van der Waals surface area contributed by atoms with Gasteiger partial charge in [-0.2, -0.15) is 0 Å². The molecule has 0 aliphatic carbocycles. The number of amides is 1. The summed E-state index contributed by atoms with van der Waals surface area (Å²) in [6.45, 7) is 6.73. The second kappa shape index (κ2) is 5.68. The zero-order chi connectivity index (χ0) is 9.97. The Morgan fingerprint density at radius 2 is 2.00 bits per heavy atom. The first-order chi connectivity index (χ1) is 6.79. The molecule has 2 atom stereocenters. The minimum Gasteiger partial charge on any atom is -0.337 e. The summed E-state index contributed by atoms with van der Waals surface area (Å²) in [5, 5.41) is 6.54. The van der Waals surface area contributed by atoms with E-state index >= 15 is 0 Å². The van der Waals surface area contributed by atoms with Gasteiger partial charge in [0.15, 0.2) is 0 Å². The Kier molecular flexibility index (Phi) is 4.83. The van der Waals surface area contributed by atoms with Gasteiger partial charge in [0.25, 0.3) is 0 Å². The van der Waals surface area contributed by atoms with Gasteiger partial charge < -0.3 is 15.5 Å². The van der Waals surface area contributed by atoms with Crippen molar-refractivity contribution in [3.8, 4) is 0 Å². The summed E-state index contributed by atoms with van der Waals surface area (Å²) >= 11 is 0. The van der Waals surface area contributed by atoms with E-state index in [1.54, 1.807) is 0 Å². The Hall–Kier alpha value is -0.320. The quantitative estimate of drug-likeness (QED) is 0.662. The number of rotatable bonds is 1. The standard InChI is InChI=1S/C10H19N3O.ClH/c1-8-6-12-4-5-13(8)10(14)9-2-3-11-7-9;/h8-9,11-12H,2-7H2,1H3;1H/t8-,9-;/m0./s1. The minimum atomic E-state index is 0. The molecular formula is C10H20ClN3O. The van der Waals surface area contributed by atoms with Crippen molar-refractivity contribution in [2.45, 2.75) is 19.4 Å². The van der Waals surface area contributed by atoms with Crippen molar-refractivity contribution in [1.29, 1.82) is 0 Å². The lowest BCUT2D eigenvalue weighted by molar-refractivity contribution is -0.137. The van der Waals surface area contributed by atoms with Crippen LogP contribution in [0, 0.1) is 5.92 Å². The number of piperazine rings is 1. The van der Waals surface area contributed by atoms with Crippen LogP contribution in [0.1, 0.15) is 13.3 Å². The van der Waals surface area contributed by atoms with Crippen molar-refractivity contribution in [3.63, 3.8) is 0 Å². The van der Waals surface area contributed by atoms with E-state index in [4.69, 9.17) is 0 Å². The molecule has 2 rings (SSSR count). The number of hydrogen-bond donors (Lipinski definition) is 2. The van der Waals surface area contributed by atoms with E-state index in [9.17, 15) is 4.79 Å². The van der Waals surface area contributed by atoms with Crippen LogP contribution in [0.2, 0.25) is 0 Å². The molecule has 2 saturated heterocycles. The molecule has 2 aliphatic heterocycles. The highest BCUT2D eigenvalue weighted by molar-refractivity contribution is 5.85. The molecule has 2 aliphatic rings. The lowest BCUT2D eigenvalue weighted by Crippen LogP contribution is -2.54. The highest BCUT2D eigenvalue weighted by Gasteiger charge is 2.30. The maximum Gasteiger partial charge on any atom is 0.227 e. The molecule has 0 aromatic carbocycles. The van der Waals surface area contributed by atoms with E-state index in [0.29, 0.717) is 11.9 Å². The van der Waals surface area contributed by atoms with Crippen molar-refractivity contribution < 1.29 is 4.79 Å². The summed E-state index contributed by atoms with van der Waals surface area (Å²) in [6.07, 6.45) is 1.01. The van der Waals surface area contributed by atoms with Crippen LogP contribution in [0.3, 0.4) is 0 Å². The zero-order valence-electron chi connectivity index (χ0n) is 9.16. The normalized spacial score (nSPS) is 31.1. The average molecular weight is 234 g/mol. The first-order valence-electron chi connectivity index (χ1n) is 5.51. The van der Waals surface area contributed by atoms with Crippen LogP contribution in [-0.4, -0.2) is 49.6 Å². The first kappa shape index (κ1) is 12.7. The van der Waals surface area contributed by atoms with Crippen LogP contribution in [0.15, 0.2) is 0 Å². The van der Waals surface area contributed by atoms with Gasteiger partial charge in [0.05, 0.1) is 5.92 Å². The van der Waals surface area contributed by atoms with E-state index in [2.05, 4.69) is 17.6 Å². The fourth-order valence-electron chi connectivity index (χ4n) is 2.27. The SMILES string of the molecule is C[C@H]1CNCCN1C(=O)[C@H]1CCNC1.Cl. The summed E-state index contributed by atoms with van der Waals surface area (Å²) in [5.41, 5.74) is 0. The van der Waals surface area contributed by atoms with Gasteiger partial charge >= 0.3 is 0 Å².